The van der Waals surface area contributed by atoms with Gasteiger partial charge in [-0.05, 0) is 35.1 Å². The minimum atomic E-state index is -0.377. The standard InChI is InChI=1S/C20H22OS/c1-19(2,3)15-9-11-16(12-10-15)20(14-13-18(20)21)22-17-7-5-4-6-8-17/h4-12H,13-14H2,1-3H3/t20-/m1/s1. The second-order valence-electron chi connectivity index (χ2n) is 6.99. The first-order valence-electron chi connectivity index (χ1n) is 7.80. The Bertz CT molecular complexity index is 667. The van der Waals surface area contributed by atoms with Gasteiger partial charge in [0, 0.05) is 11.3 Å². The molecule has 1 saturated carbocycles. The second-order valence-corrected chi connectivity index (χ2v) is 8.37. The summed E-state index contributed by atoms with van der Waals surface area (Å²) in [7, 11) is 0. The van der Waals surface area contributed by atoms with Gasteiger partial charge in [0.05, 0.1) is 0 Å². The van der Waals surface area contributed by atoms with Crippen molar-refractivity contribution in [2.75, 3.05) is 0 Å². The van der Waals surface area contributed by atoms with Crippen molar-refractivity contribution in [1.82, 2.24) is 0 Å². The molecule has 0 saturated heterocycles. The van der Waals surface area contributed by atoms with Crippen LogP contribution in [-0.2, 0) is 15.0 Å². The van der Waals surface area contributed by atoms with Gasteiger partial charge in [0.25, 0.3) is 0 Å². The summed E-state index contributed by atoms with van der Waals surface area (Å²) < 4.78 is -0.377. The van der Waals surface area contributed by atoms with Crippen LogP contribution in [0.5, 0.6) is 0 Å². The summed E-state index contributed by atoms with van der Waals surface area (Å²) in [5.41, 5.74) is 2.59. The minimum absolute atomic E-state index is 0.141. The molecule has 0 spiro atoms. The van der Waals surface area contributed by atoms with E-state index in [2.05, 4.69) is 57.2 Å². The Morgan fingerprint density at radius 3 is 2.05 bits per heavy atom. The fourth-order valence-corrected chi connectivity index (χ4v) is 4.23. The lowest BCUT2D eigenvalue weighted by molar-refractivity contribution is -0.127. The van der Waals surface area contributed by atoms with E-state index in [1.54, 1.807) is 11.8 Å². The van der Waals surface area contributed by atoms with Gasteiger partial charge < -0.3 is 0 Å². The Kier molecular flexibility index (Phi) is 3.90. The van der Waals surface area contributed by atoms with Crippen LogP contribution in [0.1, 0.15) is 44.7 Å². The normalized spacial score (nSPS) is 21.5. The number of thioether (sulfide) groups is 1. The smallest absolute Gasteiger partial charge is 0.153 e. The third kappa shape index (κ3) is 2.72. The van der Waals surface area contributed by atoms with Gasteiger partial charge in [0.15, 0.2) is 5.78 Å². The molecule has 0 amide bonds. The van der Waals surface area contributed by atoms with Gasteiger partial charge in [-0.2, -0.15) is 0 Å². The monoisotopic (exact) mass is 310 g/mol. The highest BCUT2D eigenvalue weighted by molar-refractivity contribution is 8.01. The van der Waals surface area contributed by atoms with Crippen LogP contribution in [0, 0.1) is 0 Å². The molecule has 1 atom stereocenters. The molecule has 1 fully saturated rings. The number of hydrogen-bond acceptors (Lipinski definition) is 2. The maximum Gasteiger partial charge on any atom is 0.153 e. The molecule has 22 heavy (non-hydrogen) atoms. The SMILES string of the molecule is CC(C)(C)c1ccc([C@]2(Sc3ccccc3)CCC2=O)cc1. The number of Topliss-reactive ketones (excluding diaryl/α,β-unsaturated/α-hetero) is 1. The predicted molar refractivity (Wildman–Crippen MR) is 93.4 cm³/mol. The van der Waals surface area contributed by atoms with Crippen molar-refractivity contribution in [3.63, 3.8) is 0 Å². The maximum absolute atomic E-state index is 12.4. The molecule has 0 aromatic heterocycles. The zero-order chi connectivity index (χ0) is 15.8. The van der Waals surface area contributed by atoms with Crippen LogP contribution in [-0.4, -0.2) is 5.78 Å². The summed E-state index contributed by atoms with van der Waals surface area (Å²) in [6.07, 6.45) is 1.63. The number of carbonyl (C=O) groups is 1. The zero-order valence-corrected chi connectivity index (χ0v) is 14.2. The van der Waals surface area contributed by atoms with Gasteiger partial charge in [0.2, 0.25) is 0 Å². The van der Waals surface area contributed by atoms with Crippen LogP contribution in [0.25, 0.3) is 0 Å². The first-order valence-corrected chi connectivity index (χ1v) is 8.62. The van der Waals surface area contributed by atoms with Crippen molar-refractivity contribution in [3.8, 4) is 0 Å². The Morgan fingerprint density at radius 1 is 0.955 bits per heavy atom. The highest BCUT2D eigenvalue weighted by Crippen LogP contribution is 2.52. The van der Waals surface area contributed by atoms with E-state index in [-0.39, 0.29) is 10.2 Å². The van der Waals surface area contributed by atoms with Gasteiger partial charge >= 0.3 is 0 Å². The van der Waals surface area contributed by atoms with Crippen molar-refractivity contribution in [1.29, 1.82) is 0 Å². The minimum Gasteiger partial charge on any atom is -0.298 e. The lowest BCUT2D eigenvalue weighted by atomic mass is 9.76. The summed E-state index contributed by atoms with van der Waals surface area (Å²) in [5.74, 6) is 0.352. The van der Waals surface area contributed by atoms with Gasteiger partial charge in [0.1, 0.15) is 4.75 Å². The van der Waals surface area contributed by atoms with Crippen molar-refractivity contribution in [3.05, 3.63) is 65.7 Å². The summed E-state index contributed by atoms with van der Waals surface area (Å²) in [6, 6.07) is 18.9. The first kappa shape index (κ1) is 15.4. The molecule has 1 aliphatic carbocycles. The summed E-state index contributed by atoms with van der Waals surface area (Å²) >= 11 is 1.70. The Labute approximate surface area is 137 Å². The van der Waals surface area contributed by atoms with E-state index in [1.807, 2.05) is 18.2 Å². The quantitative estimate of drug-likeness (QED) is 0.761. The highest BCUT2D eigenvalue weighted by Gasteiger charge is 2.48. The van der Waals surface area contributed by atoms with E-state index >= 15 is 0 Å². The van der Waals surface area contributed by atoms with Gasteiger partial charge in [-0.15, -0.1) is 11.8 Å². The fourth-order valence-electron chi connectivity index (χ4n) is 2.86. The van der Waals surface area contributed by atoms with Crippen LogP contribution in [0.3, 0.4) is 0 Å². The number of carbonyl (C=O) groups excluding carboxylic acids is 1. The molecule has 2 aromatic rings. The van der Waals surface area contributed by atoms with E-state index in [4.69, 9.17) is 0 Å². The number of ketones is 1. The number of benzene rings is 2. The van der Waals surface area contributed by atoms with Crippen LogP contribution >= 0.6 is 11.8 Å². The summed E-state index contributed by atoms with van der Waals surface area (Å²) in [4.78, 5) is 13.6. The first-order chi connectivity index (χ1) is 10.4. The summed E-state index contributed by atoms with van der Waals surface area (Å²) in [6.45, 7) is 6.64. The van der Waals surface area contributed by atoms with Gasteiger partial charge in [-0.3, -0.25) is 4.79 Å². The molecule has 0 bridgehead atoms. The van der Waals surface area contributed by atoms with E-state index in [9.17, 15) is 4.79 Å². The second kappa shape index (κ2) is 5.58. The van der Waals surface area contributed by atoms with E-state index in [0.717, 1.165) is 16.9 Å². The number of rotatable bonds is 3. The van der Waals surface area contributed by atoms with Crippen molar-refractivity contribution in [2.45, 2.75) is 48.7 Å². The van der Waals surface area contributed by atoms with E-state index in [0.29, 0.717) is 12.2 Å². The molecule has 1 aliphatic rings. The Morgan fingerprint density at radius 2 is 1.59 bits per heavy atom. The van der Waals surface area contributed by atoms with E-state index in [1.165, 1.54) is 5.56 Å². The van der Waals surface area contributed by atoms with Crippen molar-refractivity contribution < 1.29 is 4.79 Å². The number of hydrogen-bond donors (Lipinski definition) is 0. The topological polar surface area (TPSA) is 17.1 Å². The Hall–Kier alpha value is -1.54. The predicted octanol–water partition coefficient (Wildman–Crippen LogP) is 5.33. The molecular formula is C20H22OS. The third-order valence-electron chi connectivity index (χ3n) is 4.41. The lowest BCUT2D eigenvalue weighted by Gasteiger charge is -2.40. The third-order valence-corrected chi connectivity index (χ3v) is 5.93. The largest absolute Gasteiger partial charge is 0.298 e. The highest BCUT2D eigenvalue weighted by atomic mass is 32.2. The molecule has 0 heterocycles. The molecule has 0 aliphatic heterocycles. The maximum atomic E-state index is 12.4. The molecule has 1 nitrogen and oxygen atoms in total. The van der Waals surface area contributed by atoms with Gasteiger partial charge in [-0.1, -0.05) is 63.2 Å². The average Bonchev–Trinajstić information content (AvgIpc) is 2.51. The Balaban J connectivity index is 1.93. The van der Waals surface area contributed by atoms with Crippen molar-refractivity contribution >= 4 is 17.5 Å². The fraction of sp³-hybridized carbons (Fsp3) is 0.350. The molecule has 2 heteroatoms. The van der Waals surface area contributed by atoms with Gasteiger partial charge in [-0.25, -0.2) is 0 Å². The lowest BCUT2D eigenvalue weighted by Crippen LogP contribution is -2.42. The van der Waals surface area contributed by atoms with Crippen LogP contribution in [0.4, 0.5) is 0 Å². The van der Waals surface area contributed by atoms with Crippen LogP contribution in [0.15, 0.2) is 59.5 Å². The molecule has 3 rings (SSSR count). The van der Waals surface area contributed by atoms with Crippen LogP contribution < -0.4 is 0 Å². The molecule has 0 N–H and O–H groups in total. The zero-order valence-electron chi connectivity index (χ0n) is 13.4. The molecule has 0 unspecified atom stereocenters. The summed E-state index contributed by atoms with van der Waals surface area (Å²) in [5, 5.41) is 0. The molecular weight excluding hydrogens is 288 g/mol. The van der Waals surface area contributed by atoms with E-state index < -0.39 is 0 Å². The molecule has 2 aromatic carbocycles. The molecule has 0 radical (unpaired) electrons. The average molecular weight is 310 g/mol. The van der Waals surface area contributed by atoms with Crippen LogP contribution in [0.2, 0.25) is 0 Å². The van der Waals surface area contributed by atoms with Crippen molar-refractivity contribution in [2.24, 2.45) is 0 Å². The molecule has 114 valence electrons.